The Morgan fingerprint density at radius 2 is 1.95 bits per heavy atom. The third-order valence-electron chi connectivity index (χ3n) is 3.31. The largest absolute Gasteiger partial charge is 0.370 e. The summed E-state index contributed by atoms with van der Waals surface area (Å²) in [6.07, 6.45) is 2.16. The second kappa shape index (κ2) is 5.24. The van der Waals surface area contributed by atoms with Crippen LogP contribution in [0.4, 0.5) is 0 Å². The molecule has 0 saturated carbocycles. The van der Waals surface area contributed by atoms with Gasteiger partial charge in [-0.1, -0.05) is 6.07 Å². The van der Waals surface area contributed by atoms with Gasteiger partial charge in [-0.05, 0) is 43.4 Å². The maximum atomic E-state index is 12.2. The maximum absolute atomic E-state index is 12.2. The third-order valence-corrected chi connectivity index (χ3v) is 5.19. The first-order chi connectivity index (χ1) is 9.31. The molecule has 0 unspecified atom stereocenters. The van der Waals surface area contributed by atoms with E-state index in [1.54, 1.807) is 13.0 Å². The first-order valence-electron chi connectivity index (χ1n) is 6.31. The molecular weight excluding hydrogens is 278 g/mol. The molecule has 0 spiro atoms. The summed E-state index contributed by atoms with van der Waals surface area (Å²) in [4.78, 5) is 15.6. The topological polar surface area (TPSA) is 116 Å². The maximum Gasteiger partial charge on any atom is 0.280 e. The van der Waals surface area contributed by atoms with Gasteiger partial charge in [0, 0.05) is 5.56 Å². The van der Waals surface area contributed by atoms with E-state index >= 15 is 0 Å². The van der Waals surface area contributed by atoms with Gasteiger partial charge in [-0.3, -0.25) is 4.79 Å². The van der Waals surface area contributed by atoms with E-state index in [9.17, 15) is 13.2 Å². The SMILES string of the molecule is Cc1cc2c(cc1C(=O)N=C(N)N)S(=O)(=O)CCCC2. The fraction of sp³-hybridized carbons (Fsp3) is 0.385. The van der Waals surface area contributed by atoms with Crippen LogP contribution in [0.15, 0.2) is 22.0 Å². The van der Waals surface area contributed by atoms with Crippen molar-refractivity contribution in [1.29, 1.82) is 0 Å². The molecule has 0 bridgehead atoms. The van der Waals surface area contributed by atoms with E-state index in [1.807, 2.05) is 0 Å². The molecule has 1 aliphatic rings. The van der Waals surface area contributed by atoms with Crippen molar-refractivity contribution in [2.45, 2.75) is 31.1 Å². The summed E-state index contributed by atoms with van der Waals surface area (Å²) in [6.45, 7) is 1.74. The number of fused-ring (bicyclic) bond motifs is 1. The standard InChI is InChI=1S/C13H17N3O3S/c1-8-6-9-4-2-3-5-20(18,19)11(9)7-10(8)12(17)16-13(14)15/h6-7H,2-5H2,1H3,(H4,14,15,16,17). The predicted octanol–water partition coefficient (Wildman–Crippen LogP) is 0.519. The van der Waals surface area contributed by atoms with Gasteiger partial charge in [0.25, 0.3) is 5.91 Å². The summed E-state index contributed by atoms with van der Waals surface area (Å²) in [5.41, 5.74) is 12.0. The summed E-state index contributed by atoms with van der Waals surface area (Å²) < 4.78 is 24.4. The molecule has 20 heavy (non-hydrogen) atoms. The summed E-state index contributed by atoms with van der Waals surface area (Å²) in [7, 11) is -3.34. The lowest BCUT2D eigenvalue weighted by Gasteiger charge is -2.10. The minimum absolute atomic E-state index is 0.110. The van der Waals surface area contributed by atoms with E-state index in [0.29, 0.717) is 18.4 Å². The Hall–Kier alpha value is -1.89. The third kappa shape index (κ3) is 2.82. The molecule has 0 aromatic heterocycles. The van der Waals surface area contributed by atoms with Crippen molar-refractivity contribution in [3.63, 3.8) is 0 Å². The van der Waals surface area contributed by atoms with Crippen LogP contribution in [0.1, 0.15) is 34.3 Å². The lowest BCUT2D eigenvalue weighted by Crippen LogP contribution is -2.24. The zero-order valence-corrected chi connectivity index (χ0v) is 12.0. The minimum Gasteiger partial charge on any atom is -0.370 e. The lowest BCUT2D eigenvalue weighted by atomic mass is 10.0. The van der Waals surface area contributed by atoms with Crippen LogP contribution >= 0.6 is 0 Å². The number of carbonyl (C=O) groups excluding carboxylic acids is 1. The summed E-state index contributed by atoms with van der Waals surface area (Å²) in [6, 6.07) is 3.15. The molecule has 0 fully saturated rings. The van der Waals surface area contributed by atoms with Gasteiger partial charge in [0.05, 0.1) is 10.6 Å². The number of aryl methyl sites for hydroxylation is 2. The highest BCUT2D eigenvalue weighted by atomic mass is 32.2. The van der Waals surface area contributed by atoms with Crippen molar-refractivity contribution in [2.24, 2.45) is 16.5 Å². The summed E-state index contributed by atoms with van der Waals surface area (Å²) in [5, 5.41) is 0. The van der Waals surface area contributed by atoms with Crippen molar-refractivity contribution >= 4 is 21.7 Å². The Bertz CT molecular complexity index is 689. The predicted molar refractivity (Wildman–Crippen MR) is 76.3 cm³/mol. The van der Waals surface area contributed by atoms with Crippen molar-refractivity contribution in [3.05, 3.63) is 28.8 Å². The number of rotatable bonds is 1. The van der Waals surface area contributed by atoms with Crippen LogP contribution in [0.5, 0.6) is 0 Å². The van der Waals surface area contributed by atoms with E-state index in [1.165, 1.54) is 6.07 Å². The summed E-state index contributed by atoms with van der Waals surface area (Å²) >= 11 is 0. The molecule has 0 aliphatic carbocycles. The summed E-state index contributed by atoms with van der Waals surface area (Å²) in [5.74, 6) is -0.851. The molecule has 1 aromatic rings. The van der Waals surface area contributed by atoms with Gasteiger partial charge in [0.15, 0.2) is 15.8 Å². The number of amides is 1. The average molecular weight is 295 g/mol. The molecule has 0 saturated heterocycles. The van der Waals surface area contributed by atoms with Crippen LogP contribution in [0, 0.1) is 6.92 Å². The van der Waals surface area contributed by atoms with Crippen LogP contribution in [0.25, 0.3) is 0 Å². The van der Waals surface area contributed by atoms with Crippen molar-refractivity contribution in [1.82, 2.24) is 0 Å². The van der Waals surface area contributed by atoms with Crippen LogP contribution in [0.2, 0.25) is 0 Å². The molecule has 6 nitrogen and oxygen atoms in total. The number of aliphatic imine (C=N–C) groups is 1. The van der Waals surface area contributed by atoms with Gasteiger partial charge in [-0.15, -0.1) is 0 Å². The monoisotopic (exact) mass is 295 g/mol. The smallest absolute Gasteiger partial charge is 0.280 e. The second-order valence-corrected chi connectivity index (χ2v) is 6.97. The molecule has 1 amide bonds. The number of hydrogen-bond donors (Lipinski definition) is 2. The number of sulfone groups is 1. The highest BCUT2D eigenvalue weighted by Crippen LogP contribution is 2.27. The molecule has 1 aromatic carbocycles. The molecule has 7 heteroatoms. The molecule has 0 radical (unpaired) electrons. The quantitative estimate of drug-likeness (QED) is 0.579. The van der Waals surface area contributed by atoms with Crippen molar-refractivity contribution in [2.75, 3.05) is 5.75 Å². The number of nitrogens with two attached hydrogens (primary N) is 2. The van der Waals surface area contributed by atoms with Crippen LogP contribution in [0.3, 0.4) is 0 Å². The van der Waals surface area contributed by atoms with Gasteiger partial charge in [0.1, 0.15) is 0 Å². The van der Waals surface area contributed by atoms with E-state index < -0.39 is 15.7 Å². The molecule has 108 valence electrons. The average Bonchev–Trinajstić information content (AvgIpc) is 2.46. The number of guanidine groups is 1. The lowest BCUT2D eigenvalue weighted by molar-refractivity contribution is 0.100. The van der Waals surface area contributed by atoms with Crippen LogP contribution in [-0.4, -0.2) is 26.0 Å². The molecule has 4 N–H and O–H groups in total. The molecule has 1 heterocycles. The number of benzene rings is 1. The number of hydrogen-bond acceptors (Lipinski definition) is 3. The van der Waals surface area contributed by atoms with E-state index in [2.05, 4.69) is 4.99 Å². The Morgan fingerprint density at radius 3 is 2.60 bits per heavy atom. The zero-order valence-electron chi connectivity index (χ0n) is 11.2. The van der Waals surface area contributed by atoms with Gasteiger partial charge in [-0.2, -0.15) is 4.99 Å². The van der Waals surface area contributed by atoms with Crippen LogP contribution < -0.4 is 11.5 Å². The van der Waals surface area contributed by atoms with E-state index in [0.717, 1.165) is 12.0 Å². The first-order valence-corrected chi connectivity index (χ1v) is 7.97. The minimum atomic E-state index is -3.34. The number of nitrogens with zero attached hydrogens (tertiary/aromatic N) is 1. The Balaban J connectivity index is 2.61. The Kier molecular flexibility index (Phi) is 3.80. The normalized spacial score (nSPS) is 16.9. The van der Waals surface area contributed by atoms with Crippen LogP contribution in [-0.2, 0) is 16.3 Å². The van der Waals surface area contributed by atoms with Gasteiger partial charge in [0.2, 0.25) is 0 Å². The molecule has 2 rings (SSSR count). The zero-order chi connectivity index (χ0) is 14.9. The molecule has 1 aliphatic heterocycles. The second-order valence-electron chi connectivity index (χ2n) is 4.89. The van der Waals surface area contributed by atoms with E-state index in [-0.39, 0.29) is 22.2 Å². The Morgan fingerprint density at radius 1 is 1.25 bits per heavy atom. The van der Waals surface area contributed by atoms with Gasteiger partial charge < -0.3 is 11.5 Å². The fourth-order valence-corrected chi connectivity index (χ4v) is 4.02. The Labute approximate surface area is 117 Å². The van der Waals surface area contributed by atoms with Gasteiger partial charge in [-0.25, -0.2) is 8.42 Å². The molecular formula is C13H17N3O3S. The fourth-order valence-electron chi connectivity index (χ4n) is 2.36. The van der Waals surface area contributed by atoms with E-state index in [4.69, 9.17) is 11.5 Å². The first kappa shape index (κ1) is 14.5. The van der Waals surface area contributed by atoms with Gasteiger partial charge >= 0.3 is 0 Å². The van der Waals surface area contributed by atoms with Crippen molar-refractivity contribution < 1.29 is 13.2 Å². The number of carbonyl (C=O) groups is 1. The highest BCUT2D eigenvalue weighted by Gasteiger charge is 2.24. The highest BCUT2D eigenvalue weighted by molar-refractivity contribution is 7.91. The molecule has 0 atom stereocenters. The van der Waals surface area contributed by atoms with Crippen molar-refractivity contribution in [3.8, 4) is 0 Å².